The van der Waals surface area contributed by atoms with Crippen molar-refractivity contribution >= 4 is 16.9 Å². The number of carbonyl (C=O) groups is 1. The van der Waals surface area contributed by atoms with Gasteiger partial charge in [-0.2, -0.15) is 0 Å². The van der Waals surface area contributed by atoms with Crippen LogP contribution in [0.5, 0.6) is 0 Å². The van der Waals surface area contributed by atoms with Crippen molar-refractivity contribution in [1.29, 1.82) is 0 Å². The van der Waals surface area contributed by atoms with Gasteiger partial charge in [0.1, 0.15) is 0 Å². The molecule has 6 heteroatoms. The highest BCUT2D eigenvalue weighted by Crippen LogP contribution is 2.18. The van der Waals surface area contributed by atoms with E-state index in [9.17, 15) is 14.7 Å². The average Bonchev–Trinajstić information content (AvgIpc) is 2.62. The predicted molar refractivity (Wildman–Crippen MR) is 102 cm³/mol. The fourth-order valence-corrected chi connectivity index (χ4v) is 3.57. The molecule has 0 bridgehead atoms. The lowest BCUT2D eigenvalue weighted by Gasteiger charge is -2.28. The van der Waals surface area contributed by atoms with Crippen LogP contribution in [-0.4, -0.2) is 40.2 Å². The fraction of sp³-hybridized carbons (Fsp3) is 0.500. The van der Waals surface area contributed by atoms with Gasteiger partial charge in [0.25, 0.3) is 5.56 Å². The number of hydrogen-bond donors (Lipinski definition) is 3. The molecule has 0 saturated heterocycles. The van der Waals surface area contributed by atoms with E-state index in [4.69, 9.17) is 0 Å². The summed E-state index contributed by atoms with van der Waals surface area (Å²) in [6.45, 7) is 2.22. The Balaban J connectivity index is 1.77. The first kappa shape index (κ1) is 18.5. The molecule has 26 heavy (non-hydrogen) atoms. The van der Waals surface area contributed by atoms with Crippen LogP contribution in [0.1, 0.15) is 43.2 Å². The number of aromatic nitrogens is 1. The summed E-state index contributed by atoms with van der Waals surface area (Å²) >= 11 is 0. The number of amides is 2. The number of fused-ring (bicyclic) bond motifs is 1. The van der Waals surface area contributed by atoms with Crippen molar-refractivity contribution in [2.75, 3.05) is 13.2 Å². The van der Waals surface area contributed by atoms with Gasteiger partial charge >= 0.3 is 6.03 Å². The molecular formula is C20H27N3O3. The number of nitrogens with one attached hydrogen (secondary N) is 2. The van der Waals surface area contributed by atoms with Crippen molar-refractivity contribution in [3.8, 4) is 0 Å². The number of pyridine rings is 1. The van der Waals surface area contributed by atoms with Crippen LogP contribution in [0.4, 0.5) is 4.79 Å². The van der Waals surface area contributed by atoms with E-state index in [2.05, 4.69) is 10.3 Å². The summed E-state index contributed by atoms with van der Waals surface area (Å²) in [5.41, 5.74) is 2.19. The van der Waals surface area contributed by atoms with Gasteiger partial charge in [-0.15, -0.1) is 0 Å². The molecule has 1 aromatic carbocycles. The molecule has 0 spiro atoms. The van der Waals surface area contributed by atoms with Gasteiger partial charge in [0.2, 0.25) is 0 Å². The SMILES string of the molecule is Cc1ccc2cc(CN(CCO)C(=O)NC3CCCCC3)c(=O)[nH]c2c1. The fourth-order valence-electron chi connectivity index (χ4n) is 3.57. The predicted octanol–water partition coefficient (Wildman–Crippen LogP) is 2.67. The van der Waals surface area contributed by atoms with Crippen LogP contribution in [-0.2, 0) is 6.54 Å². The summed E-state index contributed by atoms with van der Waals surface area (Å²) in [5.74, 6) is 0. The Kier molecular flexibility index (Phi) is 5.93. The van der Waals surface area contributed by atoms with Gasteiger partial charge in [-0.05, 0) is 42.8 Å². The van der Waals surface area contributed by atoms with Crippen LogP contribution in [0.15, 0.2) is 29.1 Å². The first-order valence-electron chi connectivity index (χ1n) is 9.35. The van der Waals surface area contributed by atoms with Crippen LogP contribution in [0.3, 0.4) is 0 Å². The summed E-state index contributed by atoms with van der Waals surface area (Å²) in [6.07, 6.45) is 5.48. The Bertz CT molecular complexity index is 825. The van der Waals surface area contributed by atoms with E-state index in [-0.39, 0.29) is 37.3 Å². The molecule has 3 N–H and O–H groups in total. The number of aliphatic hydroxyl groups excluding tert-OH is 1. The molecule has 0 unspecified atom stereocenters. The number of H-pyrrole nitrogens is 1. The smallest absolute Gasteiger partial charge is 0.317 e. The van der Waals surface area contributed by atoms with Gasteiger partial charge in [0.15, 0.2) is 0 Å². The second-order valence-corrected chi connectivity index (χ2v) is 7.14. The number of aliphatic hydroxyl groups is 1. The quantitative estimate of drug-likeness (QED) is 0.769. The number of urea groups is 1. The Morgan fingerprint density at radius 3 is 2.77 bits per heavy atom. The Morgan fingerprint density at radius 2 is 2.04 bits per heavy atom. The Morgan fingerprint density at radius 1 is 1.27 bits per heavy atom. The zero-order valence-corrected chi connectivity index (χ0v) is 15.3. The number of carbonyl (C=O) groups excluding carboxylic acids is 1. The summed E-state index contributed by atoms with van der Waals surface area (Å²) in [7, 11) is 0. The molecule has 3 rings (SSSR count). The monoisotopic (exact) mass is 357 g/mol. The van der Waals surface area contributed by atoms with Gasteiger partial charge in [0.05, 0.1) is 13.2 Å². The molecule has 2 aromatic rings. The Labute approximate surface area is 153 Å². The molecule has 1 fully saturated rings. The molecule has 0 aliphatic heterocycles. The maximum absolute atomic E-state index is 12.6. The van der Waals surface area contributed by atoms with Gasteiger partial charge in [0, 0.05) is 23.7 Å². The average molecular weight is 357 g/mol. The molecule has 1 saturated carbocycles. The number of aromatic amines is 1. The zero-order chi connectivity index (χ0) is 18.5. The third-order valence-electron chi connectivity index (χ3n) is 5.03. The van der Waals surface area contributed by atoms with E-state index in [1.54, 1.807) is 0 Å². The van der Waals surface area contributed by atoms with E-state index >= 15 is 0 Å². The van der Waals surface area contributed by atoms with Crippen LogP contribution < -0.4 is 10.9 Å². The number of aryl methyl sites for hydroxylation is 1. The second-order valence-electron chi connectivity index (χ2n) is 7.14. The van der Waals surface area contributed by atoms with Crippen molar-refractivity contribution in [2.24, 2.45) is 0 Å². The molecule has 2 amide bonds. The highest BCUT2D eigenvalue weighted by atomic mass is 16.3. The van der Waals surface area contributed by atoms with Crippen LogP contribution >= 0.6 is 0 Å². The minimum Gasteiger partial charge on any atom is -0.395 e. The Hall–Kier alpha value is -2.34. The van der Waals surface area contributed by atoms with E-state index in [0.29, 0.717) is 5.56 Å². The number of hydrogen-bond acceptors (Lipinski definition) is 3. The van der Waals surface area contributed by atoms with Crippen molar-refractivity contribution in [3.05, 3.63) is 45.7 Å². The standard InChI is InChI=1S/C20H27N3O3/c1-14-7-8-15-12-16(19(25)22-18(15)11-14)13-23(9-10-24)20(26)21-17-5-3-2-4-6-17/h7-8,11-12,17,24H,2-6,9-10,13H2,1H3,(H,21,26)(H,22,25). The van der Waals surface area contributed by atoms with Crippen molar-refractivity contribution in [2.45, 2.75) is 51.6 Å². The number of rotatable bonds is 5. The molecule has 1 heterocycles. The van der Waals surface area contributed by atoms with Gasteiger partial charge in [-0.3, -0.25) is 4.79 Å². The normalized spacial score (nSPS) is 15.2. The third kappa shape index (κ3) is 4.43. The lowest BCUT2D eigenvalue weighted by atomic mass is 9.96. The van der Waals surface area contributed by atoms with E-state index in [0.717, 1.165) is 42.1 Å². The van der Waals surface area contributed by atoms with Crippen LogP contribution in [0, 0.1) is 6.92 Å². The van der Waals surface area contributed by atoms with Gasteiger partial charge in [-0.25, -0.2) is 4.79 Å². The lowest BCUT2D eigenvalue weighted by Crippen LogP contribution is -2.46. The van der Waals surface area contributed by atoms with Crippen LogP contribution in [0.25, 0.3) is 10.9 Å². The maximum Gasteiger partial charge on any atom is 0.317 e. The first-order chi connectivity index (χ1) is 12.6. The van der Waals surface area contributed by atoms with Crippen molar-refractivity contribution in [3.63, 3.8) is 0 Å². The third-order valence-corrected chi connectivity index (χ3v) is 5.03. The molecule has 6 nitrogen and oxygen atoms in total. The maximum atomic E-state index is 12.6. The largest absolute Gasteiger partial charge is 0.395 e. The van der Waals surface area contributed by atoms with Gasteiger partial charge < -0.3 is 20.3 Å². The van der Waals surface area contributed by atoms with Crippen molar-refractivity contribution < 1.29 is 9.90 Å². The molecular weight excluding hydrogens is 330 g/mol. The van der Waals surface area contributed by atoms with E-state index in [1.807, 2.05) is 31.2 Å². The summed E-state index contributed by atoms with van der Waals surface area (Å²) < 4.78 is 0. The van der Waals surface area contributed by atoms with Crippen molar-refractivity contribution in [1.82, 2.24) is 15.2 Å². The zero-order valence-electron chi connectivity index (χ0n) is 15.3. The van der Waals surface area contributed by atoms with E-state index < -0.39 is 0 Å². The minimum atomic E-state index is -0.214. The molecule has 140 valence electrons. The summed E-state index contributed by atoms with van der Waals surface area (Å²) in [6, 6.07) is 7.69. The second kappa shape index (κ2) is 8.36. The minimum absolute atomic E-state index is 0.136. The topological polar surface area (TPSA) is 85.4 Å². The molecule has 1 aromatic heterocycles. The van der Waals surface area contributed by atoms with Crippen LogP contribution in [0.2, 0.25) is 0 Å². The number of nitrogens with zero attached hydrogens (tertiary/aromatic N) is 1. The highest BCUT2D eigenvalue weighted by Gasteiger charge is 2.20. The summed E-state index contributed by atoms with van der Waals surface area (Å²) in [4.78, 5) is 29.4. The molecule has 1 aliphatic rings. The lowest BCUT2D eigenvalue weighted by molar-refractivity contribution is 0.168. The number of benzene rings is 1. The molecule has 0 atom stereocenters. The summed E-state index contributed by atoms with van der Waals surface area (Å²) in [5, 5.41) is 13.3. The first-order valence-corrected chi connectivity index (χ1v) is 9.35. The van der Waals surface area contributed by atoms with E-state index in [1.165, 1.54) is 11.3 Å². The highest BCUT2D eigenvalue weighted by molar-refractivity contribution is 5.80. The molecule has 0 radical (unpaired) electrons. The van der Waals surface area contributed by atoms with Gasteiger partial charge in [-0.1, -0.05) is 31.4 Å². The molecule has 1 aliphatic carbocycles.